The molecule has 0 aromatic carbocycles. The van der Waals surface area contributed by atoms with E-state index in [0.29, 0.717) is 5.56 Å². The Morgan fingerprint density at radius 1 is 1.37 bits per heavy atom. The van der Waals surface area contributed by atoms with Gasteiger partial charge in [-0.3, -0.25) is 4.79 Å². The van der Waals surface area contributed by atoms with Crippen molar-refractivity contribution in [1.29, 1.82) is 0 Å². The van der Waals surface area contributed by atoms with E-state index in [-0.39, 0.29) is 0 Å². The van der Waals surface area contributed by atoms with Gasteiger partial charge < -0.3 is 9.38 Å². The van der Waals surface area contributed by atoms with Crippen molar-refractivity contribution in [3.8, 4) is 11.3 Å². The number of aryl methyl sites for hydroxylation is 2. The fourth-order valence-electron chi connectivity index (χ4n) is 2.30. The van der Waals surface area contributed by atoms with E-state index in [1.807, 2.05) is 35.9 Å². The van der Waals surface area contributed by atoms with Gasteiger partial charge in [0.05, 0.1) is 5.69 Å². The van der Waals surface area contributed by atoms with Crippen LogP contribution in [-0.4, -0.2) is 20.7 Å². The Kier molecular flexibility index (Phi) is 2.71. The fraction of sp³-hybridized carbons (Fsp3) is 0.200. The number of aromatic nitrogens is 3. The van der Waals surface area contributed by atoms with Crippen molar-refractivity contribution in [3.63, 3.8) is 0 Å². The van der Waals surface area contributed by atoms with Crippen molar-refractivity contribution >= 4 is 11.8 Å². The maximum Gasteiger partial charge on any atom is 0.151 e. The Balaban J connectivity index is 2.14. The van der Waals surface area contributed by atoms with Crippen molar-refractivity contribution in [2.45, 2.75) is 20.3 Å². The largest absolute Gasteiger partial charge is 0.346 e. The van der Waals surface area contributed by atoms with Crippen LogP contribution in [0.25, 0.3) is 16.8 Å². The molecule has 3 aromatic rings. The van der Waals surface area contributed by atoms with E-state index in [1.54, 1.807) is 0 Å². The van der Waals surface area contributed by atoms with Gasteiger partial charge >= 0.3 is 0 Å². The second-order valence-electron chi connectivity index (χ2n) is 4.65. The van der Waals surface area contributed by atoms with Crippen LogP contribution in [0.5, 0.6) is 0 Å². The van der Waals surface area contributed by atoms with Crippen LogP contribution in [0.3, 0.4) is 0 Å². The summed E-state index contributed by atoms with van der Waals surface area (Å²) in [7, 11) is 0. The number of carbonyl (C=O) groups excluding carboxylic acids is 1. The van der Waals surface area contributed by atoms with E-state index in [4.69, 9.17) is 0 Å². The molecule has 96 valence electrons. The first-order valence-electron chi connectivity index (χ1n) is 6.34. The Morgan fingerprint density at radius 2 is 2.21 bits per heavy atom. The van der Waals surface area contributed by atoms with Gasteiger partial charge in [0.1, 0.15) is 5.82 Å². The average Bonchev–Trinajstić information content (AvgIpc) is 3.00. The van der Waals surface area contributed by atoms with Crippen molar-refractivity contribution in [3.05, 3.63) is 47.7 Å². The number of aromatic amines is 1. The van der Waals surface area contributed by atoms with Crippen LogP contribution < -0.4 is 0 Å². The number of imidazole rings is 1. The summed E-state index contributed by atoms with van der Waals surface area (Å²) in [6.07, 6.45) is 5.58. The molecule has 4 heteroatoms. The van der Waals surface area contributed by atoms with Gasteiger partial charge in [-0.15, -0.1) is 0 Å². The number of carbonyl (C=O) groups is 1. The number of aldehydes is 1. The SMILES string of the molecule is CCc1nc(-c2cc3ccc(C=O)cn3c2)c(C)[nH]1. The highest BCUT2D eigenvalue weighted by Crippen LogP contribution is 2.24. The van der Waals surface area contributed by atoms with Crippen LogP contribution in [0.4, 0.5) is 0 Å². The first kappa shape index (κ1) is 11.7. The first-order chi connectivity index (χ1) is 9.21. The van der Waals surface area contributed by atoms with Gasteiger partial charge in [-0.2, -0.15) is 0 Å². The lowest BCUT2D eigenvalue weighted by Gasteiger charge is -1.94. The molecule has 3 heterocycles. The van der Waals surface area contributed by atoms with Crippen LogP contribution in [0.1, 0.15) is 28.8 Å². The van der Waals surface area contributed by atoms with Crippen LogP contribution >= 0.6 is 0 Å². The predicted octanol–water partition coefficient (Wildman–Crippen LogP) is 3.01. The molecule has 0 atom stereocenters. The monoisotopic (exact) mass is 253 g/mol. The van der Waals surface area contributed by atoms with E-state index in [0.717, 1.165) is 41.0 Å². The molecule has 1 N–H and O–H groups in total. The number of H-pyrrole nitrogens is 1. The van der Waals surface area contributed by atoms with Gasteiger partial charge in [0, 0.05) is 41.2 Å². The zero-order valence-electron chi connectivity index (χ0n) is 11.0. The number of nitrogens with one attached hydrogen (secondary N) is 1. The van der Waals surface area contributed by atoms with Gasteiger partial charge in [-0.25, -0.2) is 4.98 Å². The molecule has 0 aliphatic rings. The standard InChI is InChI=1S/C15H15N3O/c1-3-14-16-10(2)15(17-14)12-6-13-5-4-11(9-19)7-18(13)8-12/h4-9H,3H2,1-2H3,(H,16,17). The summed E-state index contributed by atoms with van der Waals surface area (Å²) >= 11 is 0. The number of rotatable bonds is 3. The van der Waals surface area contributed by atoms with Crippen molar-refractivity contribution in [2.24, 2.45) is 0 Å². The Morgan fingerprint density at radius 3 is 2.89 bits per heavy atom. The molecule has 0 radical (unpaired) electrons. The summed E-state index contributed by atoms with van der Waals surface area (Å²) in [4.78, 5) is 18.7. The minimum absolute atomic E-state index is 0.669. The normalized spacial score (nSPS) is 11.1. The highest BCUT2D eigenvalue weighted by Gasteiger charge is 2.10. The smallest absolute Gasteiger partial charge is 0.151 e. The molecule has 19 heavy (non-hydrogen) atoms. The van der Waals surface area contributed by atoms with Gasteiger partial charge in [0.15, 0.2) is 6.29 Å². The van der Waals surface area contributed by atoms with Gasteiger partial charge in [0.2, 0.25) is 0 Å². The molecule has 0 saturated carbocycles. The summed E-state index contributed by atoms with van der Waals surface area (Å²) in [5.41, 5.74) is 4.84. The predicted molar refractivity (Wildman–Crippen MR) is 74.5 cm³/mol. The lowest BCUT2D eigenvalue weighted by Crippen LogP contribution is -1.85. The molecule has 4 nitrogen and oxygen atoms in total. The van der Waals surface area contributed by atoms with Crippen LogP contribution in [-0.2, 0) is 6.42 Å². The molecular weight excluding hydrogens is 238 g/mol. The van der Waals surface area contributed by atoms with Crippen LogP contribution in [0, 0.1) is 6.92 Å². The molecule has 0 unspecified atom stereocenters. The Hall–Kier alpha value is -2.36. The summed E-state index contributed by atoms with van der Waals surface area (Å²) in [5, 5.41) is 0. The first-order valence-corrected chi connectivity index (χ1v) is 6.34. The third kappa shape index (κ3) is 1.95. The molecule has 0 fully saturated rings. The molecule has 0 spiro atoms. The third-order valence-corrected chi connectivity index (χ3v) is 3.29. The topological polar surface area (TPSA) is 50.2 Å². The van der Waals surface area contributed by atoms with Crippen molar-refractivity contribution in [2.75, 3.05) is 0 Å². The molecular formula is C15H15N3O. The maximum atomic E-state index is 10.8. The van der Waals surface area contributed by atoms with Crippen LogP contribution in [0.15, 0.2) is 30.6 Å². The van der Waals surface area contributed by atoms with E-state index >= 15 is 0 Å². The molecule has 0 bridgehead atoms. The van der Waals surface area contributed by atoms with E-state index in [9.17, 15) is 4.79 Å². The maximum absolute atomic E-state index is 10.8. The van der Waals surface area contributed by atoms with Crippen molar-refractivity contribution in [1.82, 2.24) is 14.4 Å². The number of fused-ring (bicyclic) bond motifs is 1. The van der Waals surface area contributed by atoms with E-state index < -0.39 is 0 Å². The summed E-state index contributed by atoms with van der Waals surface area (Å²) < 4.78 is 1.96. The zero-order chi connectivity index (χ0) is 13.4. The lowest BCUT2D eigenvalue weighted by atomic mass is 10.2. The second kappa shape index (κ2) is 4.39. The third-order valence-electron chi connectivity index (χ3n) is 3.29. The number of nitrogens with zero attached hydrogens (tertiary/aromatic N) is 2. The minimum Gasteiger partial charge on any atom is -0.346 e. The summed E-state index contributed by atoms with van der Waals surface area (Å²) in [5.74, 6) is 0.997. The number of hydrogen-bond donors (Lipinski definition) is 1. The van der Waals surface area contributed by atoms with Gasteiger partial charge in [-0.1, -0.05) is 6.92 Å². The van der Waals surface area contributed by atoms with Crippen LogP contribution in [0.2, 0.25) is 0 Å². The second-order valence-corrected chi connectivity index (χ2v) is 4.65. The Bertz CT molecular complexity index is 752. The van der Waals surface area contributed by atoms with E-state index in [1.165, 1.54) is 0 Å². The summed E-state index contributed by atoms with van der Waals surface area (Å²) in [6.45, 7) is 4.11. The minimum atomic E-state index is 0.669. The summed E-state index contributed by atoms with van der Waals surface area (Å²) in [6, 6.07) is 5.84. The highest BCUT2D eigenvalue weighted by molar-refractivity contribution is 5.77. The molecule has 3 aromatic heterocycles. The molecule has 0 aliphatic heterocycles. The Labute approximate surface area is 111 Å². The van der Waals surface area contributed by atoms with Gasteiger partial charge in [0.25, 0.3) is 0 Å². The molecule has 0 amide bonds. The van der Waals surface area contributed by atoms with E-state index in [2.05, 4.69) is 23.0 Å². The highest BCUT2D eigenvalue weighted by atomic mass is 16.1. The molecule has 0 aliphatic carbocycles. The quantitative estimate of drug-likeness (QED) is 0.729. The molecule has 0 saturated heterocycles. The lowest BCUT2D eigenvalue weighted by molar-refractivity contribution is 0.112. The number of pyridine rings is 1. The average molecular weight is 253 g/mol. The molecule has 3 rings (SSSR count). The number of hydrogen-bond acceptors (Lipinski definition) is 2. The van der Waals surface area contributed by atoms with Crippen molar-refractivity contribution < 1.29 is 4.79 Å². The van der Waals surface area contributed by atoms with Gasteiger partial charge in [-0.05, 0) is 25.1 Å². The fourth-order valence-corrected chi connectivity index (χ4v) is 2.30. The zero-order valence-corrected chi connectivity index (χ0v) is 11.0.